The van der Waals surface area contributed by atoms with Crippen molar-refractivity contribution >= 4 is 0 Å². The van der Waals surface area contributed by atoms with Gasteiger partial charge in [0.1, 0.15) is 0 Å². The van der Waals surface area contributed by atoms with E-state index in [1.807, 2.05) is 0 Å². The predicted octanol–water partition coefficient (Wildman–Crippen LogP) is 2.79. The van der Waals surface area contributed by atoms with Crippen LogP contribution in [0.5, 0.6) is 0 Å². The Kier molecular flexibility index (Phi) is 3.74. The molecule has 0 aromatic rings. The van der Waals surface area contributed by atoms with Crippen molar-refractivity contribution in [3.63, 3.8) is 0 Å². The molecule has 1 saturated carbocycles. The average molecular weight is 307 g/mol. The summed E-state index contributed by atoms with van der Waals surface area (Å²) in [5.74, 6) is 0.941. The van der Waals surface area contributed by atoms with Crippen LogP contribution in [0.2, 0.25) is 0 Å². The summed E-state index contributed by atoms with van der Waals surface area (Å²) in [7, 11) is 0. The molecule has 4 nitrogen and oxygen atoms in total. The normalized spacial score (nSPS) is 37.0. The number of rotatable bonds is 1. The van der Waals surface area contributed by atoms with Crippen LogP contribution in [0.25, 0.3) is 0 Å². The number of allylic oxidation sites excluding steroid dienone is 2. The molecular formula is C18H29NO3. The molecule has 2 heterocycles. The lowest BCUT2D eigenvalue weighted by Crippen LogP contribution is -2.56. The van der Waals surface area contributed by atoms with E-state index in [4.69, 9.17) is 14.2 Å². The molecule has 2 saturated heterocycles. The van der Waals surface area contributed by atoms with Crippen molar-refractivity contribution in [1.29, 1.82) is 0 Å². The topological polar surface area (TPSA) is 30.9 Å². The van der Waals surface area contributed by atoms with Gasteiger partial charge < -0.3 is 19.1 Å². The lowest BCUT2D eigenvalue weighted by atomic mass is 9.69. The number of morpholine rings is 1. The summed E-state index contributed by atoms with van der Waals surface area (Å²) in [5, 5.41) is 0. The zero-order valence-electron chi connectivity index (χ0n) is 14.0. The molecule has 4 rings (SSSR count). The minimum absolute atomic E-state index is 0.158. The van der Waals surface area contributed by atoms with Gasteiger partial charge in [-0.05, 0) is 25.2 Å². The first-order valence-corrected chi connectivity index (χ1v) is 8.89. The molecule has 4 aliphatic rings. The Labute approximate surface area is 133 Å². The van der Waals surface area contributed by atoms with Crippen LogP contribution in [0.3, 0.4) is 0 Å². The second-order valence-corrected chi connectivity index (χ2v) is 8.19. The van der Waals surface area contributed by atoms with E-state index in [-0.39, 0.29) is 11.2 Å². The summed E-state index contributed by atoms with van der Waals surface area (Å²) >= 11 is 0. The van der Waals surface area contributed by atoms with Crippen LogP contribution in [0.1, 0.15) is 39.5 Å². The van der Waals surface area contributed by atoms with E-state index in [0.717, 1.165) is 52.4 Å². The molecule has 22 heavy (non-hydrogen) atoms. The fourth-order valence-corrected chi connectivity index (χ4v) is 4.50. The van der Waals surface area contributed by atoms with Crippen molar-refractivity contribution in [3.05, 3.63) is 11.8 Å². The van der Waals surface area contributed by atoms with Gasteiger partial charge in [-0.2, -0.15) is 0 Å². The highest BCUT2D eigenvalue weighted by molar-refractivity contribution is 5.15. The van der Waals surface area contributed by atoms with Crippen molar-refractivity contribution in [2.75, 3.05) is 39.5 Å². The third-order valence-electron chi connectivity index (χ3n) is 5.85. The maximum absolute atomic E-state index is 6.30. The number of ether oxygens (including phenoxy) is 3. The van der Waals surface area contributed by atoms with Crippen molar-refractivity contribution in [2.24, 2.45) is 17.3 Å². The summed E-state index contributed by atoms with van der Waals surface area (Å²) in [6.45, 7) is 9.96. The highest BCUT2D eigenvalue weighted by Gasteiger charge is 2.51. The largest absolute Gasteiger partial charge is 0.378 e. The van der Waals surface area contributed by atoms with Gasteiger partial charge in [0.15, 0.2) is 5.79 Å². The highest BCUT2D eigenvalue weighted by Crippen LogP contribution is 2.50. The van der Waals surface area contributed by atoms with Gasteiger partial charge in [0.05, 0.1) is 26.4 Å². The van der Waals surface area contributed by atoms with Gasteiger partial charge in [-0.1, -0.05) is 19.9 Å². The first-order valence-electron chi connectivity index (χ1n) is 8.89. The van der Waals surface area contributed by atoms with E-state index >= 15 is 0 Å². The Hall–Kier alpha value is -0.580. The van der Waals surface area contributed by atoms with Crippen LogP contribution < -0.4 is 0 Å². The van der Waals surface area contributed by atoms with Crippen LogP contribution in [0.15, 0.2) is 11.8 Å². The van der Waals surface area contributed by atoms with Crippen molar-refractivity contribution in [1.82, 2.24) is 4.90 Å². The van der Waals surface area contributed by atoms with E-state index in [2.05, 4.69) is 24.8 Å². The molecule has 0 aromatic carbocycles. The SMILES string of the molecule is CC1(C)COC2(CCC3CC2CC=C3N2CCOCC2)OC1. The molecule has 0 radical (unpaired) electrons. The van der Waals surface area contributed by atoms with Crippen LogP contribution in [-0.2, 0) is 14.2 Å². The zero-order chi connectivity index (χ0) is 15.2. The van der Waals surface area contributed by atoms with Gasteiger partial charge in [-0.3, -0.25) is 0 Å². The molecule has 0 aromatic heterocycles. The highest BCUT2D eigenvalue weighted by atomic mass is 16.7. The van der Waals surface area contributed by atoms with Gasteiger partial charge in [0.2, 0.25) is 0 Å². The number of fused-ring (bicyclic) bond motifs is 3. The fraction of sp³-hybridized carbons (Fsp3) is 0.889. The zero-order valence-corrected chi connectivity index (χ0v) is 14.0. The number of hydrogen-bond acceptors (Lipinski definition) is 4. The molecule has 2 bridgehead atoms. The Morgan fingerprint density at radius 3 is 2.59 bits per heavy atom. The minimum Gasteiger partial charge on any atom is -0.378 e. The minimum atomic E-state index is -0.293. The maximum atomic E-state index is 6.30. The maximum Gasteiger partial charge on any atom is 0.171 e. The Morgan fingerprint density at radius 2 is 1.86 bits per heavy atom. The fourth-order valence-electron chi connectivity index (χ4n) is 4.50. The van der Waals surface area contributed by atoms with Crippen LogP contribution >= 0.6 is 0 Å². The van der Waals surface area contributed by atoms with Gasteiger partial charge >= 0.3 is 0 Å². The standard InChI is InChI=1S/C18H29NO3/c1-17(2)12-21-18(22-13-17)6-5-14-11-15(18)3-4-16(14)19-7-9-20-10-8-19/h4,14-15H,3,5-13H2,1-2H3. The molecule has 0 N–H and O–H groups in total. The molecule has 3 fully saturated rings. The van der Waals surface area contributed by atoms with E-state index < -0.39 is 0 Å². The number of nitrogens with zero attached hydrogens (tertiary/aromatic N) is 1. The van der Waals surface area contributed by atoms with Crippen molar-refractivity contribution in [2.45, 2.75) is 45.3 Å². The number of hydrogen-bond donors (Lipinski definition) is 0. The summed E-state index contributed by atoms with van der Waals surface area (Å²) in [6.07, 6.45) is 7.05. The monoisotopic (exact) mass is 307 g/mol. The molecule has 1 spiro atoms. The van der Waals surface area contributed by atoms with E-state index in [1.54, 1.807) is 5.70 Å². The summed E-state index contributed by atoms with van der Waals surface area (Å²) < 4.78 is 18.1. The van der Waals surface area contributed by atoms with E-state index in [9.17, 15) is 0 Å². The van der Waals surface area contributed by atoms with E-state index in [0.29, 0.717) is 11.8 Å². The first kappa shape index (κ1) is 15.0. The first-order chi connectivity index (χ1) is 10.6. The van der Waals surface area contributed by atoms with Crippen LogP contribution in [-0.4, -0.2) is 50.2 Å². The van der Waals surface area contributed by atoms with Gasteiger partial charge in [0.25, 0.3) is 0 Å². The van der Waals surface area contributed by atoms with Gasteiger partial charge in [-0.15, -0.1) is 0 Å². The molecular weight excluding hydrogens is 278 g/mol. The van der Waals surface area contributed by atoms with Crippen LogP contribution in [0, 0.1) is 17.3 Å². The molecule has 4 heteroatoms. The second kappa shape index (κ2) is 5.50. The molecule has 0 amide bonds. The molecule has 124 valence electrons. The third-order valence-corrected chi connectivity index (χ3v) is 5.85. The Bertz CT molecular complexity index is 443. The van der Waals surface area contributed by atoms with Gasteiger partial charge in [0, 0.05) is 36.5 Å². The van der Waals surface area contributed by atoms with Crippen molar-refractivity contribution < 1.29 is 14.2 Å². The summed E-state index contributed by atoms with van der Waals surface area (Å²) in [5.41, 5.74) is 1.73. The van der Waals surface area contributed by atoms with Gasteiger partial charge in [-0.25, -0.2) is 0 Å². The molecule has 2 atom stereocenters. The Balaban J connectivity index is 1.47. The predicted molar refractivity (Wildman–Crippen MR) is 84.3 cm³/mol. The summed E-state index contributed by atoms with van der Waals surface area (Å²) in [6, 6.07) is 0. The van der Waals surface area contributed by atoms with E-state index in [1.165, 1.54) is 12.8 Å². The molecule has 2 aliphatic carbocycles. The third kappa shape index (κ3) is 2.59. The molecule has 2 aliphatic heterocycles. The Morgan fingerprint density at radius 1 is 1.14 bits per heavy atom. The quantitative estimate of drug-likeness (QED) is 0.745. The van der Waals surface area contributed by atoms with Crippen LogP contribution in [0.4, 0.5) is 0 Å². The smallest absolute Gasteiger partial charge is 0.171 e. The van der Waals surface area contributed by atoms with Crippen molar-refractivity contribution in [3.8, 4) is 0 Å². The lowest BCUT2D eigenvalue weighted by molar-refractivity contribution is -0.335. The molecule has 2 unspecified atom stereocenters. The second-order valence-electron chi connectivity index (χ2n) is 8.19. The lowest BCUT2D eigenvalue weighted by Gasteiger charge is -2.53. The average Bonchev–Trinajstić information content (AvgIpc) is 2.55. The summed E-state index contributed by atoms with van der Waals surface area (Å²) in [4.78, 5) is 2.55.